The predicted molar refractivity (Wildman–Crippen MR) is 78.1 cm³/mol. The topological polar surface area (TPSA) is 98.5 Å². The summed E-state index contributed by atoms with van der Waals surface area (Å²) in [5.41, 5.74) is 0.698. The van der Waals surface area contributed by atoms with Gasteiger partial charge in [0.2, 0.25) is 0 Å². The summed E-state index contributed by atoms with van der Waals surface area (Å²) in [5, 5.41) is 13.9. The van der Waals surface area contributed by atoms with Crippen molar-refractivity contribution in [3.63, 3.8) is 0 Å². The van der Waals surface area contributed by atoms with Crippen molar-refractivity contribution in [2.24, 2.45) is 5.92 Å². The Morgan fingerprint density at radius 3 is 2.81 bits per heavy atom. The fraction of sp³-hybridized carbons (Fsp3) is 0.538. The number of hydrogen-bond acceptors (Lipinski definition) is 6. The standard InChI is InChI=1S/C13H18N2O5S/c1-20-13-3-2-12(15(16)17)6-11(13)8-14-7-10-4-5-21(18,19)9-10/h2-3,6,10,14H,4-5,7-9H2,1H3. The third-order valence-electron chi connectivity index (χ3n) is 3.55. The second-order valence-corrected chi connectivity index (χ2v) is 7.38. The summed E-state index contributed by atoms with van der Waals surface area (Å²) in [6.07, 6.45) is 0.668. The monoisotopic (exact) mass is 314 g/mol. The molecule has 8 heteroatoms. The van der Waals surface area contributed by atoms with Gasteiger partial charge in [-0.25, -0.2) is 8.42 Å². The number of benzene rings is 1. The molecule has 0 aliphatic carbocycles. The van der Waals surface area contributed by atoms with E-state index in [-0.39, 0.29) is 23.1 Å². The number of nitro benzene ring substituents is 1. The van der Waals surface area contributed by atoms with Crippen LogP contribution in [0.1, 0.15) is 12.0 Å². The van der Waals surface area contributed by atoms with Crippen molar-refractivity contribution in [3.8, 4) is 5.75 Å². The zero-order chi connectivity index (χ0) is 15.5. The van der Waals surface area contributed by atoms with Gasteiger partial charge in [-0.3, -0.25) is 10.1 Å². The smallest absolute Gasteiger partial charge is 0.270 e. The van der Waals surface area contributed by atoms with Crippen LogP contribution in [0, 0.1) is 16.0 Å². The molecule has 0 amide bonds. The van der Waals surface area contributed by atoms with Gasteiger partial charge in [-0.1, -0.05) is 0 Å². The first kappa shape index (κ1) is 15.7. The lowest BCUT2D eigenvalue weighted by Crippen LogP contribution is -2.23. The quantitative estimate of drug-likeness (QED) is 0.624. The van der Waals surface area contributed by atoms with Crippen LogP contribution in [0.3, 0.4) is 0 Å². The second-order valence-electron chi connectivity index (χ2n) is 5.15. The minimum absolute atomic E-state index is 0.0102. The highest BCUT2D eigenvalue weighted by Crippen LogP contribution is 2.24. The lowest BCUT2D eigenvalue weighted by molar-refractivity contribution is -0.384. The number of rotatable bonds is 6. The predicted octanol–water partition coefficient (Wildman–Crippen LogP) is 1.13. The third-order valence-corrected chi connectivity index (χ3v) is 5.39. The first-order valence-corrected chi connectivity index (χ1v) is 8.46. The number of sulfone groups is 1. The Bertz CT molecular complexity index is 629. The van der Waals surface area contributed by atoms with Gasteiger partial charge in [0.1, 0.15) is 5.75 Å². The Balaban J connectivity index is 1.96. The van der Waals surface area contributed by atoms with Gasteiger partial charge in [-0.2, -0.15) is 0 Å². The van der Waals surface area contributed by atoms with Crippen molar-refractivity contribution < 1.29 is 18.1 Å². The zero-order valence-electron chi connectivity index (χ0n) is 11.7. The molecule has 0 bridgehead atoms. The molecule has 0 aromatic heterocycles. The van der Waals surface area contributed by atoms with Gasteiger partial charge in [0, 0.05) is 24.2 Å². The third kappa shape index (κ3) is 4.15. The SMILES string of the molecule is COc1ccc([N+](=O)[O-])cc1CNCC1CCS(=O)(=O)C1. The van der Waals surface area contributed by atoms with Crippen molar-refractivity contribution >= 4 is 15.5 Å². The van der Waals surface area contributed by atoms with Gasteiger partial charge in [0.25, 0.3) is 5.69 Å². The summed E-state index contributed by atoms with van der Waals surface area (Å²) in [5.74, 6) is 1.15. The minimum Gasteiger partial charge on any atom is -0.496 e. The van der Waals surface area contributed by atoms with Crippen LogP contribution in [-0.2, 0) is 16.4 Å². The first-order valence-electron chi connectivity index (χ1n) is 6.64. The Morgan fingerprint density at radius 1 is 1.48 bits per heavy atom. The van der Waals surface area contributed by atoms with E-state index in [1.54, 1.807) is 6.07 Å². The van der Waals surface area contributed by atoms with Crippen LogP contribution in [0.4, 0.5) is 5.69 Å². The molecule has 1 aliphatic rings. The van der Waals surface area contributed by atoms with Crippen LogP contribution in [-0.4, -0.2) is 38.5 Å². The van der Waals surface area contributed by atoms with E-state index in [0.29, 0.717) is 30.8 Å². The Hall–Kier alpha value is -1.67. The van der Waals surface area contributed by atoms with E-state index in [0.717, 1.165) is 0 Å². The normalized spacial score (nSPS) is 20.3. The summed E-state index contributed by atoms with van der Waals surface area (Å²) in [7, 11) is -1.37. The van der Waals surface area contributed by atoms with E-state index < -0.39 is 14.8 Å². The molecule has 1 N–H and O–H groups in total. The Kier molecular flexibility index (Phi) is 4.79. The molecule has 1 saturated heterocycles. The van der Waals surface area contributed by atoms with Gasteiger partial charge >= 0.3 is 0 Å². The molecule has 1 fully saturated rings. The van der Waals surface area contributed by atoms with Crippen LogP contribution in [0.5, 0.6) is 5.75 Å². The molecule has 1 aromatic carbocycles. The largest absolute Gasteiger partial charge is 0.496 e. The van der Waals surface area contributed by atoms with E-state index in [4.69, 9.17) is 4.74 Å². The van der Waals surface area contributed by atoms with Gasteiger partial charge in [0.05, 0.1) is 23.5 Å². The van der Waals surface area contributed by atoms with Crippen LogP contribution < -0.4 is 10.1 Å². The van der Waals surface area contributed by atoms with Crippen molar-refractivity contribution in [3.05, 3.63) is 33.9 Å². The van der Waals surface area contributed by atoms with E-state index >= 15 is 0 Å². The van der Waals surface area contributed by atoms with Crippen molar-refractivity contribution in [2.45, 2.75) is 13.0 Å². The van der Waals surface area contributed by atoms with E-state index in [1.807, 2.05) is 0 Å². The van der Waals surface area contributed by atoms with Gasteiger partial charge in [-0.05, 0) is 24.9 Å². The van der Waals surface area contributed by atoms with E-state index in [1.165, 1.54) is 19.2 Å². The average molecular weight is 314 g/mol. The summed E-state index contributed by atoms with van der Waals surface area (Å²) in [6, 6.07) is 4.43. The number of methoxy groups -OCH3 is 1. The molecule has 0 radical (unpaired) electrons. The molecule has 21 heavy (non-hydrogen) atoms. The summed E-state index contributed by atoms with van der Waals surface area (Å²) < 4.78 is 27.9. The van der Waals surface area contributed by atoms with Crippen LogP contribution in [0.2, 0.25) is 0 Å². The summed E-state index contributed by atoms with van der Waals surface area (Å²) in [4.78, 5) is 10.3. The molecule has 1 unspecified atom stereocenters. The molecule has 116 valence electrons. The lowest BCUT2D eigenvalue weighted by atomic mass is 10.1. The molecule has 1 aliphatic heterocycles. The van der Waals surface area contributed by atoms with Crippen molar-refractivity contribution in [1.82, 2.24) is 5.32 Å². The molecular formula is C13H18N2O5S. The van der Waals surface area contributed by atoms with Gasteiger partial charge < -0.3 is 10.1 Å². The number of ether oxygens (including phenoxy) is 1. The average Bonchev–Trinajstić information content (AvgIpc) is 2.78. The van der Waals surface area contributed by atoms with Crippen LogP contribution in [0.15, 0.2) is 18.2 Å². The summed E-state index contributed by atoms with van der Waals surface area (Å²) in [6.45, 7) is 0.979. The number of hydrogen-bond donors (Lipinski definition) is 1. The van der Waals surface area contributed by atoms with E-state index in [9.17, 15) is 18.5 Å². The van der Waals surface area contributed by atoms with Crippen LogP contribution >= 0.6 is 0 Å². The molecule has 0 spiro atoms. The Labute approximate surface area is 123 Å². The Morgan fingerprint density at radius 2 is 2.24 bits per heavy atom. The minimum atomic E-state index is -2.88. The second kappa shape index (κ2) is 6.40. The number of nitrogens with one attached hydrogen (secondary N) is 1. The lowest BCUT2D eigenvalue weighted by Gasteiger charge is -2.12. The number of non-ortho nitro benzene ring substituents is 1. The maximum absolute atomic E-state index is 11.4. The van der Waals surface area contributed by atoms with Crippen molar-refractivity contribution in [2.75, 3.05) is 25.2 Å². The van der Waals surface area contributed by atoms with E-state index in [2.05, 4.69) is 5.32 Å². The molecule has 1 heterocycles. The molecule has 1 atom stereocenters. The number of nitrogens with zero attached hydrogens (tertiary/aromatic N) is 1. The molecule has 7 nitrogen and oxygen atoms in total. The first-order chi connectivity index (χ1) is 9.91. The molecule has 1 aromatic rings. The zero-order valence-corrected chi connectivity index (χ0v) is 12.6. The van der Waals surface area contributed by atoms with Crippen LogP contribution in [0.25, 0.3) is 0 Å². The maximum Gasteiger partial charge on any atom is 0.270 e. The highest BCUT2D eigenvalue weighted by atomic mass is 32.2. The fourth-order valence-corrected chi connectivity index (χ4v) is 4.32. The molecule has 2 rings (SSSR count). The van der Waals surface area contributed by atoms with Gasteiger partial charge in [0.15, 0.2) is 9.84 Å². The summed E-state index contributed by atoms with van der Waals surface area (Å²) >= 11 is 0. The van der Waals surface area contributed by atoms with Crippen molar-refractivity contribution in [1.29, 1.82) is 0 Å². The maximum atomic E-state index is 11.4. The van der Waals surface area contributed by atoms with Gasteiger partial charge in [-0.15, -0.1) is 0 Å². The molecular weight excluding hydrogens is 296 g/mol. The number of nitro groups is 1. The highest BCUT2D eigenvalue weighted by Gasteiger charge is 2.27. The fourth-order valence-electron chi connectivity index (χ4n) is 2.46. The highest BCUT2D eigenvalue weighted by molar-refractivity contribution is 7.91. The molecule has 0 saturated carbocycles.